The first-order valence-electron chi connectivity index (χ1n) is 10.5. The molecule has 0 atom stereocenters. The number of hydrogen-bond acceptors (Lipinski definition) is 5. The molecular weight excluding hydrogens is 446 g/mol. The van der Waals surface area contributed by atoms with Gasteiger partial charge in [-0.25, -0.2) is 4.98 Å². The van der Waals surface area contributed by atoms with E-state index >= 15 is 0 Å². The number of benzene rings is 3. The second-order valence-corrected chi connectivity index (χ2v) is 8.27. The number of thioether (sulfide) groups is 1. The van der Waals surface area contributed by atoms with Gasteiger partial charge in [-0.15, -0.1) is 0 Å². The second kappa shape index (κ2) is 11.0. The van der Waals surface area contributed by atoms with Crippen molar-refractivity contribution in [1.29, 1.82) is 5.26 Å². The van der Waals surface area contributed by atoms with Crippen molar-refractivity contribution in [2.75, 3.05) is 11.1 Å². The van der Waals surface area contributed by atoms with Crippen LogP contribution in [0.1, 0.15) is 21.5 Å². The maximum absolute atomic E-state index is 12.5. The first-order chi connectivity index (χ1) is 16.6. The van der Waals surface area contributed by atoms with Gasteiger partial charge in [-0.3, -0.25) is 14.2 Å². The largest absolute Gasteiger partial charge is 0.348 e. The van der Waals surface area contributed by atoms with Crippen LogP contribution in [-0.4, -0.2) is 27.1 Å². The van der Waals surface area contributed by atoms with Gasteiger partial charge in [0.1, 0.15) is 0 Å². The zero-order valence-electron chi connectivity index (χ0n) is 18.1. The zero-order valence-corrected chi connectivity index (χ0v) is 19.0. The van der Waals surface area contributed by atoms with Crippen molar-refractivity contribution in [3.05, 3.63) is 108 Å². The summed E-state index contributed by atoms with van der Waals surface area (Å²) in [5, 5.41) is 15.3. The summed E-state index contributed by atoms with van der Waals surface area (Å²) in [5.41, 5.74) is 3.50. The lowest BCUT2D eigenvalue weighted by atomic mass is 10.1. The Labute approximate surface area is 201 Å². The lowest BCUT2D eigenvalue weighted by Crippen LogP contribution is -2.22. The number of hydrogen-bond donors (Lipinski definition) is 2. The minimum absolute atomic E-state index is 0.146. The molecule has 1 heterocycles. The van der Waals surface area contributed by atoms with Crippen molar-refractivity contribution in [3.8, 4) is 11.8 Å². The average Bonchev–Trinajstić information content (AvgIpc) is 3.35. The summed E-state index contributed by atoms with van der Waals surface area (Å²) in [4.78, 5) is 29.1. The molecule has 0 saturated heterocycles. The molecule has 168 valence electrons. The van der Waals surface area contributed by atoms with E-state index in [1.54, 1.807) is 48.8 Å². The third-order valence-corrected chi connectivity index (χ3v) is 5.88. The molecule has 0 aliphatic rings. The molecule has 0 bridgehead atoms. The van der Waals surface area contributed by atoms with Crippen LogP contribution in [0.2, 0.25) is 0 Å². The van der Waals surface area contributed by atoms with Crippen LogP contribution in [0.4, 0.5) is 5.69 Å². The number of nitrogens with one attached hydrogen (secondary N) is 2. The van der Waals surface area contributed by atoms with E-state index in [4.69, 9.17) is 5.26 Å². The van der Waals surface area contributed by atoms with Gasteiger partial charge in [0.2, 0.25) is 5.91 Å². The number of anilines is 1. The van der Waals surface area contributed by atoms with Crippen LogP contribution >= 0.6 is 11.8 Å². The quantitative estimate of drug-likeness (QED) is 0.374. The third-order valence-electron chi connectivity index (χ3n) is 4.92. The van der Waals surface area contributed by atoms with Crippen molar-refractivity contribution in [2.45, 2.75) is 11.7 Å². The van der Waals surface area contributed by atoms with E-state index in [2.05, 4.69) is 21.7 Å². The van der Waals surface area contributed by atoms with Crippen molar-refractivity contribution >= 4 is 29.3 Å². The predicted molar refractivity (Wildman–Crippen MR) is 132 cm³/mol. The van der Waals surface area contributed by atoms with E-state index in [-0.39, 0.29) is 17.6 Å². The Hall–Kier alpha value is -4.35. The van der Waals surface area contributed by atoms with Crippen LogP contribution in [-0.2, 0) is 11.3 Å². The van der Waals surface area contributed by atoms with Crippen LogP contribution in [0.15, 0.2) is 96.4 Å². The van der Waals surface area contributed by atoms with Gasteiger partial charge in [0.25, 0.3) is 5.91 Å². The van der Waals surface area contributed by atoms with E-state index in [0.29, 0.717) is 28.5 Å². The van der Waals surface area contributed by atoms with Crippen molar-refractivity contribution in [3.63, 3.8) is 0 Å². The first kappa shape index (κ1) is 22.8. The number of carbonyl (C=O) groups is 2. The Balaban J connectivity index is 1.34. The molecule has 34 heavy (non-hydrogen) atoms. The van der Waals surface area contributed by atoms with Gasteiger partial charge in [0.05, 0.1) is 17.4 Å². The van der Waals surface area contributed by atoms with Crippen molar-refractivity contribution in [1.82, 2.24) is 14.9 Å². The lowest BCUT2D eigenvalue weighted by Gasteiger charge is -2.10. The van der Waals surface area contributed by atoms with E-state index in [1.807, 2.05) is 47.0 Å². The van der Waals surface area contributed by atoms with E-state index < -0.39 is 0 Å². The fourth-order valence-electron chi connectivity index (χ4n) is 3.24. The minimum atomic E-state index is -0.194. The molecule has 0 aliphatic heterocycles. The molecule has 0 saturated carbocycles. The maximum Gasteiger partial charge on any atom is 0.251 e. The number of aromatic nitrogens is 2. The number of imidazole rings is 1. The monoisotopic (exact) mass is 467 g/mol. The molecular formula is C26H21N5O2S. The van der Waals surface area contributed by atoms with Gasteiger partial charge < -0.3 is 10.6 Å². The van der Waals surface area contributed by atoms with E-state index in [0.717, 1.165) is 11.3 Å². The van der Waals surface area contributed by atoms with Gasteiger partial charge >= 0.3 is 0 Å². The first-order valence-corrected chi connectivity index (χ1v) is 11.5. The molecule has 0 radical (unpaired) electrons. The molecule has 0 aliphatic carbocycles. The standard InChI is InChI=1S/C26H21N5O2S/c27-16-20-7-4-8-22(15-20)30-24(32)18-34-26-28-13-14-31(26)23-11-9-21(10-12-23)25(33)29-17-19-5-2-1-3-6-19/h1-15H,17-18H2,(H,29,33)(H,30,32). The minimum Gasteiger partial charge on any atom is -0.348 e. The van der Waals surface area contributed by atoms with Crippen LogP contribution < -0.4 is 10.6 Å². The maximum atomic E-state index is 12.5. The summed E-state index contributed by atoms with van der Waals surface area (Å²) in [6.45, 7) is 0.465. The Kier molecular flexibility index (Phi) is 7.38. The number of carbonyl (C=O) groups excluding carboxylic acids is 2. The van der Waals surface area contributed by atoms with E-state index in [1.165, 1.54) is 11.8 Å². The van der Waals surface area contributed by atoms with Crippen LogP contribution in [0.5, 0.6) is 0 Å². The Morgan fingerprint density at radius 2 is 1.79 bits per heavy atom. The zero-order chi connectivity index (χ0) is 23.8. The highest BCUT2D eigenvalue weighted by Gasteiger charge is 2.11. The smallest absolute Gasteiger partial charge is 0.251 e. The van der Waals surface area contributed by atoms with E-state index in [9.17, 15) is 9.59 Å². The molecule has 2 N–H and O–H groups in total. The fraction of sp³-hybridized carbons (Fsp3) is 0.0769. The summed E-state index contributed by atoms with van der Waals surface area (Å²) in [6.07, 6.45) is 3.47. The fourth-order valence-corrected chi connectivity index (χ4v) is 4.01. The molecule has 8 heteroatoms. The third kappa shape index (κ3) is 5.91. The predicted octanol–water partition coefficient (Wildman–Crippen LogP) is 4.40. The van der Waals surface area contributed by atoms with Crippen LogP contribution in [0.25, 0.3) is 5.69 Å². The summed E-state index contributed by atoms with van der Waals surface area (Å²) < 4.78 is 1.86. The second-order valence-electron chi connectivity index (χ2n) is 7.32. The molecule has 7 nitrogen and oxygen atoms in total. The summed E-state index contributed by atoms with van der Waals surface area (Å²) in [6, 6.07) is 25.8. The SMILES string of the molecule is N#Cc1cccc(NC(=O)CSc2nccn2-c2ccc(C(=O)NCc3ccccc3)cc2)c1. The number of nitrogens with zero attached hydrogens (tertiary/aromatic N) is 3. The molecule has 1 aromatic heterocycles. The van der Waals surface area contributed by atoms with Gasteiger partial charge in [-0.1, -0.05) is 48.2 Å². The van der Waals surface area contributed by atoms with Gasteiger partial charge in [-0.05, 0) is 48.0 Å². The topological polar surface area (TPSA) is 99.8 Å². The van der Waals surface area contributed by atoms with Crippen molar-refractivity contribution in [2.24, 2.45) is 0 Å². The molecule has 0 spiro atoms. The Morgan fingerprint density at radius 1 is 1.00 bits per heavy atom. The highest BCUT2D eigenvalue weighted by atomic mass is 32.2. The van der Waals surface area contributed by atoms with Crippen LogP contribution in [0, 0.1) is 11.3 Å². The number of amides is 2. The van der Waals surface area contributed by atoms with Crippen LogP contribution in [0.3, 0.4) is 0 Å². The molecule has 4 aromatic rings. The summed E-state index contributed by atoms with van der Waals surface area (Å²) in [5.74, 6) is -0.179. The Bertz CT molecular complexity index is 1330. The highest BCUT2D eigenvalue weighted by Crippen LogP contribution is 2.21. The number of nitriles is 1. The summed E-state index contributed by atoms with van der Waals surface area (Å²) >= 11 is 1.30. The Morgan fingerprint density at radius 3 is 2.56 bits per heavy atom. The lowest BCUT2D eigenvalue weighted by molar-refractivity contribution is -0.113. The molecule has 0 fully saturated rings. The van der Waals surface area contributed by atoms with Gasteiger partial charge in [-0.2, -0.15) is 5.26 Å². The highest BCUT2D eigenvalue weighted by molar-refractivity contribution is 7.99. The molecule has 0 unspecified atom stereocenters. The molecule has 3 aromatic carbocycles. The van der Waals surface area contributed by atoms with Crippen molar-refractivity contribution < 1.29 is 9.59 Å². The summed E-state index contributed by atoms with van der Waals surface area (Å²) in [7, 11) is 0. The number of rotatable bonds is 8. The normalized spacial score (nSPS) is 10.3. The van der Waals surface area contributed by atoms with Gasteiger partial charge in [0, 0.05) is 35.9 Å². The molecule has 2 amide bonds. The average molecular weight is 468 g/mol. The molecule has 4 rings (SSSR count). The van der Waals surface area contributed by atoms with Gasteiger partial charge in [0.15, 0.2) is 5.16 Å².